The zero-order chi connectivity index (χ0) is 74.7. The number of fused-ring (bicyclic) bond motifs is 14. The second kappa shape index (κ2) is 31.4. The van der Waals surface area contributed by atoms with Crippen molar-refractivity contribution in [1.82, 2.24) is 40.4 Å². The van der Waals surface area contributed by atoms with Gasteiger partial charge >= 0.3 is 12.2 Å². The number of Topliss-reactive ketones (excluding diaryl/α,β-unsaturated/α-hetero) is 1. The van der Waals surface area contributed by atoms with Crippen molar-refractivity contribution in [1.29, 1.82) is 0 Å². The molecule has 6 bridgehead atoms. The molecule has 3 N–H and O–H groups in total. The monoisotopic (exact) mass is 1480 g/mol. The summed E-state index contributed by atoms with van der Waals surface area (Å²) in [6.45, 7) is 25.3. The SMILES string of the molecule is CC(=O)N[C@H]1CC2(CCN(C3CCC(C)CC3)CC2)c2ccccc21.CC(=O)N[C@H]1CC2(CCN([C@H]3C[C@@H]4CC[C@@H]3C4)CC2)c2ccccc21.CCOC(=O)N1C2CCC1CC(N1CCC3(CC1)c1ccccc1C(=O)C3(C)C)C2.CCOC(=O)NC1CC2(CCN(C[C@H]3C[C@H]4CCC3C4)CC2)c2ccccc21.[HH].[HH].[HH].[HH]. The van der Waals surface area contributed by atoms with Crippen molar-refractivity contribution in [2.45, 2.75) is 292 Å². The van der Waals surface area contributed by atoms with E-state index in [1.807, 2.05) is 30.9 Å². The number of rotatable bonds is 10. The maximum absolute atomic E-state index is 13.2. The highest BCUT2D eigenvalue weighted by molar-refractivity contribution is 6.06. The summed E-state index contributed by atoms with van der Waals surface area (Å²) in [6, 6.07) is 38.1. The molecule has 6 heterocycles. The molecule has 5 saturated carbocycles. The molecule has 4 spiro atoms. The van der Waals surface area contributed by atoms with Crippen LogP contribution in [0.25, 0.3) is 0 Å². The van der Waals surface area contributed by atoms with Crippen LogP contribution in [0.4, 0.5) is 9.59 Å². The highest BCUT2D eigenvalue weighted by Gasteiger charge is 2.60. The van der Waals surface area contributed by atoms with Crippen LogP contribution in [0, 0.1) is 40.9 Å². The number of piperidine rings is 5. The molecule has 15 heteroatoms. The number of likely N-dealkylation sites (tertiary alicyclic amines) is 4. The number of hydrogen-bond donors (Lipinski definition) is 3. The molecule has 592 valence electrons. The van der Waals surface area contributed by atoms with Gasteiger partial charge in [-0.05, 0) is 301 Å². The topological polar surface area (TPSA) is 156 Å². The Balaban J connectivity index is 0.000000137. The van der Waals surface area contributed by atoms with Crippen molar-refractivity contribution >= 4 is 29.8 Å². The normalized spacial score (nSPS) is 33.1. The summed E-state index contributed by atoms with van der Waals surface area (Å²) < 4.78 is 10.5. The first-order valence-corrected chi connectivity index (χ1v) is 43.6. The van der Waals surface area contributed by atoms with E-state index in [1.54, 1.807) is 13.8 Å². The molecule has 0 aromatic heterocycles. The minimum atomic E-state index is -0.338. The summed E-state index contributed by atoms with van der Waals surface area (Å²) in [7, 11) is 0. The number of nitrogens with zero attached hydrogens (tertiary/aromatic N) is 5. The fourth-order valence-corrected chi connectivity index (χ4v) is 26.4. The van der Waals surface area contributed by atoms with Gasteiger partial charge in [-0.3, -0.25) is 14.4 Å². The van der Waals surface area contributed by atoms with Crippen LogP contribution in [-0.4, -0.2) is 157 Å². The van der Waals surface area contributed by atoms with E-state index in [2.05, 4.69) is 141 Å². The highest BCUT2D eigenvalue weighted by Crippen LogP contribution is 2.59. The van der Waals surface area contributed by atoms with Crippen molar-refractivity contribution in [3.8, 4) is 0 Å². The Morgan fingerprint density at radius 1 is 0.463 bits per heavy atom. The van der Waals surface area contributed by atoms with Crippen LogP contribution in [0.15, 0.2) is 97.1 Å². The third kappa shape index (κ3) is 14.6. The smallest absolute Gasteiger partial charge is 0.410 e. The molecule has 4 amide bonds. The Labute approximate surface area is 652 Å². The maximum Gasteiger partial charge on any atom is 0.410 e. The van der Waals surface area contributed by atoms with Gasteiger partial charge in [0.1, 0.15) is 0 Å². The molecule has 19 rings (SSSR count). The van der Waals surface area contributed by atoms with E-state index in [-0.39, 0.29) is 74.9 Å². The predicted molar refractivity (Wildman–Crippen MR) is 435 cm³/mol. The molecule has 108 heavy (non-hydrogen) atoms. The van der Waals surface area contributed by atoms with Gasteiger partial charge in [0.2, 0.25) is 11.8 Å². The van der Waals surface area contributed by atoms with Gasteiger partial charge in [-0.1, -0.05) is 131 Å². The van der Waals surface area contributed by atoms with Crippen molar-refractivity contribution in [2.75, 3.05) is 72.1 Å². The van der Waals surface area contributed by atoms with Gasteiger partial charge < -0.3 is 49.9 Å². The molecule has 4 aromatic carbocycles. The molecule has 9 aliphatic carbocycles. The third-order valence-corrected chi connectivity index (χ3v) is 32.0. The molecule has 11 atom stereocenters. The number of ether oxygens (including phenoxy) is 2. The minimum absolute atomic E-state index is 0. The molecular weight excluding hydrogens is 1340 g/mol. The van der Waals surface area contributed by atoms with E-state index >= 15 is 0 Å². The lowest BCUT2D eigenvalue weighted by atomic mass is 9.60. The average Bonchev–Trinajstić information content (AvgIpc) is 1.54. The van der Waals surface area contributed by atoms with E-state index < -0.39 is 0 Å². The number of hydrogen-bond acceptors (Lipinski definition) is 11. The first kappa shape index (κ1) is 75.9. The van der Waals surface area contributed by atoms with E-state index in [0.717, 1.165) is 124 Å². The van der Waals surface area contributed by atoms with Crippen LogP contribution in [-0.2, 0) is 40.7 Å². The Kier molecular flexibility index (Phi) is 22.1. The first-order valence-electron chi connectivity index (χ1n) is 43.6. The number of carbonyl (C=O) groups excluding carboxylic acids is 5. The second-order valence-electron chi connectivity index (χ2n) is 37.8. The van der Waals surface area contributed by atoms with E-state index in [0.29, 0.717) is 37.1 Å². The number of carbonyl (C=O) groups is 5. The maximum atomic E-state index is 13.2. The number of benzene rings is 4. The quantitative estimate of drug-likeness (QED) is 0.139. The van der Waals surface area contributed by atoms with Gasteiger partial charge in [0.05, 0.1) is 31.3 Å². The van der Waals surface area contributed by atoms with Gasteiger partial charge in [0.25, 0.3) is 0 Å². The van der Waals surface area contributed by atoms with Gasteiger partial charge in [0, 0.05) is 88.9 Å². The Hall–Kier alpha value is -6.13. The largest absolute Gasteiger partial charge is 0.450 e. The van der Waals surface area contributed by atoms with Crippen LogP contribution in [0.1, 0.15) is 295 Å². The molecule has 15 nitrogen and oxygen atoms in total. The third-order valence-electron chi connectivity index (χ3n) is 32.0. The molecule has 6 aliphatic heterocycles. The van der Waals surface area contributed by atoms with Gasteiger partial charge in [-0.25, -0.2) is 9.59 Å². The van der Waals surface area contributed by atoms with Crippen LogP contribution in [0.5, 0.6) is 0 Å². The number of amides is 4. The van der Waals surface area contributed by atoms with Crippen molar-refractivity contribution in [2.24, 2.45) is 40.9 Å². The molecule has 11 fully saturated rings. The fourth-order valence-electron chi connectivity index (χ4n) is 26.4. The average molecular weight is 1480 g/mol. The predicted octanol–water partition coefficient (Wildman–Crippen LogP) is 18.0. The highest BCUT2D eigenvalue weighted by atomic mass is 16.6. The number of ketones is 1. The van der Waals surface area contributed by atoms with Gasteiger partial charge in [-0.15, -0.1) is 0 Å². The second-order valence-corrected chi connectivity index (χ2v) is 37.8. The van der Waals surface area contributed by atoms with Crippen LogP contribution >= 0.6 is 0 Å². The van der Waals surface area contributed by atoms with Gasteiger partial charge in [0.15, 0.2) is 5.78 Å². The van der Waals surface area contributed by atoms with Crippen LogP contribution < -0.4 is 16.0 Å². The van der Waals surface area contributed by atoms with E-state index in [4.69, 9.17) is 9.47 Å². The lowest BCUT2D eigenvalue weighted by Crippen LogP contribution is -2.56. The van der Waals surface area contributed by atoms with Crippen LogP contribution in [0.3, 0.4) is 0 Å². The lowest BCUT2D eigenvalue weighted by Gasteiger charge is -2.50. The molecule has 15 aliphatic rings. The Bertz CT molecular complexity index is 3880. The fraction of sp³-hybridized carbons (Fsp3) is 0.688. The molecule has 4 unspecified atom stereocenters. The molecular formula is C93H138N8O7. The summed E-state index contributed by atoms with van der Waals surface area (Å²) in [4.78, 5) is 73.9. The standard InChI is InChI=1S/C25H34N2O3.C24H34N2O2.C22H30N2O.C22H32N2O.4H2/c1-4-30-23(29)27-17-9-10-18(27)16-19(15-17)26-13-11-25(12-14-26)21-8-6-5-7-20(21)22(28)24(25,2)3;1-2-28-23(27)25-22-15-24(21-6-4-3-5-20(21)22)9-11-26(12-10-24)16-19-14-17-7-8-18(19)13-17;1-15(25)23-20-14-22(19-5-3-2-4-18(19)20)8-10-24(11-9-22)21-13-16-6-7-17(21)12-16;1-16-7-9-18(10-8-16)24-13-11-22(12-14-24)15-21(23-17(2)25)19-5-3-4-6-20(19)22;;;;/h5-8,17-19H,4,9-16H2,1-3H3;3-6,17-19,22H,2,7-16H2,1H3,(H,25,27);2-5,16-17,20-21H,6-14H2,1H3,(H,23,25);3-6,16,18,21H,7-15H2,1-2H3,(H,23,25);4*1H/t;17-,18?,19+,22?;16-,17-,20+,21+;16?,18?,21-;;;;/m.010..../s1. The van der Waals surface area contributed by atoms with Crippen LogP contribution in [0.2, 0.25) is 0 Å². The lowest BCUT2D eigenvalue weighted by molar-refractivity contribution is -0.120. The van der Waals surface area contributed by atoms with Crippen molar-refractivity contribution in [3.05, 3.63) is 142 Å². The summed E-state index contributed by atoms with van der Waals surface area (Å²) in [5.74, 6) is 6.46. The zero-order valence-electron chi connectivity index (χ0n) is 66.8. The molecule has 6 saturated heterocycles. The van der Waals surface area contributed by atoms with Crippen molar-refractivity contribution < 1.29 is 39.2 Å². The summed E-state index contributed by atoms with van der Waals surface area (Å²) in [6.07, 6.45) is 34.1. The number of alkyl carbamates (subject to hydrolysis) is 1. The molecule has 0 radical (unpaired) electrons. The first-order chi connectivity index (χ1) is 52.3. The zero-order valence-corrected chi connectivity index (χ0v) is 66.8. The van der Waals surface area contributed by atoms with Gasteiger partial charge in [-0.2, -0.15) is 0 Å². The van der Waals surface area contributed by atoms with E-state index in [9.17, 15) is 24.0 Å². The minimum Gasteiger partial charge on any atom is -0.450 e. The summed E-state index contributed by atoms with van der Waals surface area (Å²) >= 11 is 0. The Morgan fingerprint density at radius 2 is 0.907 bits per heavy atom. The Morgan fingerprint density at radius 3 is 1.39 bits per heavy atom. The summed E-state index contributed by atoms with van der Waals surface area (Å²) in [5.41, 5.74) is 11.2. The molecule has 4 aromatic rings. The van der Waals surface area contributed by atoms with E-state index in [1.165, 1.54) is 200 Å². The summed E-state index contributed by atoms with van der Waals surface area (Å²) in [5, 5.41) is 9.52. The number of nitrogens with one attached hydrogen (secondary N) is 3. The van der Waals surface area contributed by atoms with Crippen molar-refractivity contribution in [3.63, 3.8) is 0 Å².